The van der Waals surface area contributed by atoms with Crippen molar-refractivity contribution in [3.05, 3.63) is 0 Å². The van der Waals surface area contributed by atoms with Crippen LogP contribution in [0, 0.1) is 5.92 Å². The molecule has 2 fully saturated rings. The lowest BCUT2D eigenvalue weighted by atomic mass is 10.0. The zero-order valence-electron chi connectivity index (χ0n) is 9.73. The van der Waals surface area contributed by atoms with Crippen LogP contribution in [0.25, 0.3) is 0 Å². The molecule has 2 aliphatic heterocycles. The molecule has 0 atom stereocenters. The summed E-state index contributed by atoms with van der Waals surface area (Å²) in [7, 11) is 2.00. The van der Waals surface area contributed by atoms with Gasteiger partial charge >= 0.3 is 0 Å². The van der Waals surface area contributed by atoms with Crippen LogP contribution < -0.4 is 10.9 Å². The Balaban J connectivity index is 1.88. The quantitative estimate of drug-likeness (QED) is 0.543. The minimum Gasteiger partial charge on any atom is -0.340 e. The Bertz CT molecular complexity index is 333. The molecule has 17 heavy (non-hydrogen) atoms. The van der Waals surface area contributed by atoms with Gasteiger partial charge in [-0.05, 0) is 7.05 Å². The average Bonchev–Trinajstić information content (AvgIpc) is 2.61. The minimum absolute atomic E-state index is 0.0403. The Hall–Kier alpha value is -1.63. The van der Waals surface area contributed by atoms with E-state index in [0.717, 1.165) is 13.1 Å². The zero-order chi connectivity index (χ0) is 12.4. The first-order valence-electron chi connectivity index (χ1n) is 5.64. The lowest BCUT2D eigenvalue weighted by Crippen LogP contribution is -2.48. The number of rotatable bonds is 2. The monoisotopic (exact) mass is 240 g/mol. The SMILES string of the molecule is CN1CCN(C(=O)CC2C(=O)NNC2=O)CC1. The van der Waals surface area contributed by atoms with E-state index in [1.165, 1.54) is 0 Å². The summed E-state index contributed by atoms with van der Waals surface area (Å²) in [5.41, 5.74) is 4.43. The maximum atomic E-state index is 11.9. The predicted octanol–water partition coefficient (Wildman–Crippen LogP) is -2.07. The summed E-state index contributed by atoms with van der Waals surface area (Å²) < 4.78 is 0. The van der Waals surface area contributed by atoms with Crippen LogP contribution in [-0.2, 0) is 14.4 Å². The second-order valence-electron chi connectivity index (χ2n) is 4.42. The molecule has 0 spiro atoms. The van der Waals surface area contributed by atoms with E-state index in [9.17, 15) is 14.4 Å². The third-order valence-electron chi connectivity index (χ3n) is 3.18. The van der Waals surface area contributed by atoms with Gasteiger partial charge in [0, 0.05) is 32.6 Å². The van der Waals surface area contributed by atoms with Gasteiger partial charge < -0.3 is 9.80 Å². The van der Waals surface area contributed by atoms with Gasteiger partial charge in [0.15, 0.2) is 0 Å². The maximum Gasteiger partial charge on any atom is 0.251 e. The molecule has 0 radical (unpaired) electrons. The fourth-order valence-electron chi connectivity index (χ4n) is 1.96. The molecule has 2 N–H and O–H groups in total. The van der Waals surface area contributed by atoms with Crippen LogP contribution in [0.15, 0.2) is 0 Å². The van der Waals surface area contributed by atoms with Gasteiger partial charge in [-0.3, -0.25) is 25.2 Å². The van der Waals surface area contributed by atoms with Crippen LogP contribution in [0.4, 0.5) is 0 Å². The second kappa shape index (κ2) is 4.70. The number of hydrogen-bond donors (Lipinski definition) is 2. The number of nitrogens with zero attached hydrogens (tertiary/aromatic N) is 2. The van der Waals surface area contributed by atoms with E-state index in [-0.39, 0.29) is 12.3 Å². The highest BCUT2D eigenvalue weighted by Crippen LogP contribution is 2.11. The summed E-state index contributed by atoms with van der Waals surface area (Å²) in [6.45, 7) is 2.97. The second-order valence-corrected chi connectivity index (χ2v) is 4.42. The van der Waals surface area contributed by atoms with Crippen molar-refractivity contribution in [2.45, 2.75) is 6.42 Å². The fraction of sp³-hybridized carbons (Fsp3) is 0.700. The first-order valence-corrected chi connectivity index (χ1v) is 5.64. The summed E-state index contributed by atoms with van der Waals surface area (Å²) in [4.78, 5) is 38.3. The van der Waals surface area contributed by atoms with E-state index in [1.54, 1.807) is 4.90 Å². The highest BCUT2D eigenvalue weighted by Gasteiger charge is 2.36. The van der Waals surface area contributed by atoms with Gasteiger partial charge in [0.25, 0.3) is 11.8 Å². The van der Waals surface area contributed by atoms with Gasteiger partial charge in [-0.2, -0.15) is 0 Å². The number of hydrazine groups is 1. The molecule has 0 aromatic heterocycles. The summed E-state index contributed by atoms with van der Waals surface area (Å²) in [5.74, 6) is -1.84. The Morgan fingerprint density at radius 3 is 2.24 bits per heavy atom. The van der Waals surface area contributed by atoms with Crippen molar-refractivity contribution < 1.29 is 14.4 Å². The van der Waals surface area contributed by atoms with Crippen molar-refractivity contribution >= 4 is 17.7 Å². The molecular formula is C10H16N4O3. The van der Waals surface area contributed by atoms with Crippen LogP contribution in [0.1, 0.15) is 6.42 Å². The first-order chi connectivity index (χ1) is 8.08. The molecule has 0 aromatic rings. The number of carbonyl (C=O) groups excluding carboxylic acids is 3. The number of carbonyl (C=O) groups is 3. The van der Waals surface area contributed by atoms with Gasteiger partial charge in [0.05, 0.1) is 0 Å². The Morgan fingerprint density at radius 2 is 1.71 bits per heavy atom. The molecule has 7 heteroatoms. The van der Waals surface area contributed by atoms with Crippen LogP contribution >= 0.6 is 0 Å². The number of hydrogen-bond acceptors (Lipinski definition) is 4. The van der Waals surface area contributed by atoms with Crippen LogP contribution in [-0.4, -0.2) is 60.7 Å². The Morgan fingerprint density at radius 1 is 1.18 bits per heavy atom. The van der Waals surface area contributed by atoms with E-state index < -0.39 is 17.7 Å². The number of nitrogens with one attached hydrogen (secondary N) is 2. The average molecular weight is 240 g/mol. The number of likely N-dealkylation sites (N-methyl/N-ethyl adjacent to an activating group) is 1. The smallest absolute Gasteiger partial charge is 0.251 e. The lowest BCUT2D eigenvalue weighted by molar-refractivity contribution is -0.139. The summed E-state index contributed by atoms with van der Waals surface area (Å²) in [6, 6.07) is 0. The van der Waals surface area contributed by atoms with Gasteiger partial charge in [0.2, 0.25) is 5.91 Å². The van der Waals surface area contributed by atoms with Crippen molar-refractivity contribution in [1.29, 1.82) is 0 Å². The normalized spacial score (nSPS) is 22.5. The molecule has 3 amide bonds. The van der Waals surface area contributed by atoms with Crippen LogP contribution in [0.2, 0.25) is 0 Å². The van der Waals surface area contributed by atoms with Crippen molar-refractivity contribution in [1.82, 2.24) is 20.7 Å². The number of amides is 3. The van der Waals surface area contributed by atoms with E-state index in [1.807, 2.05) is 7.05 Å². The standard InChI is InChI=1S/C10H16N4O3/c1-13-2-4-14(5-3-13)8(15)6-7-9(16)11-12-10(7)17/h7H,2-6H2,1H3,(H,11,16)(H,12,17). The van der Waals surface area contributed by atoms with Gasteiger partial charge in [0.1, 0.15) is 5.92 Å². The van der Waals surface area contributed by atoms with E-state index in [2.05, 4.69) is 15.8 Å². The highest BCUT2D eigenvalue weighted by atomic mass is 16.2. The van der Waals surface area contributed by atoms with Gasteiger partial charge in [-0.15, -0.1) is 0 Å². The third kappa shape index (κ3) is 2.55. The molecule has 2 aliphatic rings. The summed E-state index contributed by atoms with van der Waals surface area (Å²) in [5, 5.41) is 0. The molecule has 0 aliphatic carbocycles. The molecule has 2 rings (SSSR count). The number of piperazine rings is 1. The summed E-state index contributed by atoms with van der Waals surface area (Å²) in [6.07, 6.45) is -0.0403. The van der Waals surface area contributed by atoms with Gasteiger partial charge in [-0.1, -0.05) is 0 Å². The molecule has 0 unspecified atom stereocenters. The van der Waals surface area contributed by atoms with Crippen molar-refractivity contribution in [3.8, 4) is 0 Å². The lowest BCUT2D eigenvalue weighted by Gasteiger charge is -2.32. The van der Waals surface area contributed by atoms with Crippen molar-refractivity contribution in [2.75, 3.05) is 33.2 Å². The van der Waals surface area contributed by atoms with Gasteiger partial charge in [-0.25, -0.2) is 0 Å². The molecular weight excluding hydrogens is 224 g/mol. The first kappa shape index (κ1) is 11.8. The fourth-order valence-corrected chi connectivity index (χ4v) is 1.96. The van der Waals surface area contributed by atoms with E-state index in [4.69, 9.17) is 0 Å². The van der Waals surface area contributed by atoms with Crippen molar-refractivity contribution in [3.63, 3.8) is 0 Å². The Labute approximate surface area is 99.1 Å². The Kier molecular flexibility index (Phi) is 3.28. The maximum absolute atomic E-state index is 11.9. The zero-order valence-corrected chi connectivity index (χ0v) is 9.73. The molecule has 0 bridgehead atoms. The van der Waals surface area contributed by atoms with E-state index in [0.29, 0.717) is 13.1 Å². The van der Waals surface area contributed by atoms with Crippen LogP contribution in [0.3, 0.4) is 0 Å². The molecule has 0 aromatic carbocycles. The molecule has 0 saturated carbocycles. The van der Waals surface area contributed by atoms with Crippen molar-refractivity contribution in [2.24, 2.45) is 5.92 Å². The van der Waals surface area contributed by atoms with E-state index >= 15 is 0 Å². The topological polar surface area (TPSA) is 81.8 Å². The highest BCUT2D eigenvalue weighted by molar-refractivity contribution is 6.07. The molecule has 2 heterocycles. The molecule has 2 saturated heterocycles. The largest absolute Gasteiger partial charge is 0.340 e. The third-order valence-corrected chi connectivity index (χ3v) is 3.18. The van der Waals surface area contributed by atoms with Crippen LogP contribution in [0.5, 0.6) is 0 Å². The molecule has 94 valence electrons. The molecule has 7 nitrogen and oxygen atoms in total. The summed E-state index contributed by atoms with van der Waals surface area (Å²) >= 11 is 0. The minimum atomic E-state index is -0.873. The predicted molar refractivity (Wildman–Crippen MR) is 58.5 cm³/mol.